The van der Waals surface area contributed by atoms with Crippen LogP contribution in [0.4, 0.5) is 0 Å². The minimum absolute atomic E-state index is 0.680. The highest BCUT2D eigenvalue weighted by atomic mass is 32.2. The lowest BCUT2D eigenvalue weighted by Crippen LogP contribution is -1.87. The Morgan fingerprint density at radius 3 is 2.00 bits per heavy atom. The zero-order valence-corrected chi connectivity index (χ0v) is 6.01. The third-order valence-corrected chi connectivity index (χ3v) is 3.08. The molecule has 1 unspecified atom stereocenters. The van der Waals surface area contributed by atoms with Gasteiger partial charge in [-0.05, 0) is 18.1 Å². The molecule has 0 aromatic carbocycles. The summed E-state index contributed by atoms with van der Waals surface area (Å²) in [7, 11) is 0. The molecule has 1 aliphatic rings. The van der Waals surface area contributed by atoms with Crippen LogP contribution in [0.15, 0.2) is 0 Å². The largest absolute Gasteiger partial charge is 0.161 e. The predicted molar refractivity (Wildman–Crippen MR) is 35.7 cm³/mol. The highest BCUT2D eigenvalue weighted by molar-refractivity contribution is 7.99. The molecule has 1 rings (SSSR count). The van der Waals surface area contributed by atoms with Crippen LogP contribution in [0.2, 0.25) is 0 Å². The van der Waals surface area contributed by atoms with Gasteiger partial charge >= 0.3 is 0 Å². The smallest absolute Gasteiger partial charge is 0.0101 e. The van der Waals surface area contributed by atoms with Gasteiger partial charge in [-0.15, -0.1) is 0 Å². The first kappa shape index (κ1) is 5.49. The van der Waals surface area contributed by atoms with Gasteiger partial charge in [0.05, 0.1) is 0 Å². The Bertz CT molecular complexity index is 76.2. The minimum atomic E-state index is 0.680. The molecule has 0 N–H and O–H groups in total. The van der Waals surface area contributed by atoms with Crippen molar-refractivity contribution in [2.75, 3.05) is 6.26 Å². The van der Waals surface area contributed by atoms with Crippen molar-refractivity contribution in [3.8, 4) is 0 Å². The van der Waals surface area contributed by atoms with Gasteiger partial charge in [-0.3, -0.25) is 0 Å². The Morgan fingerprint density at radius 2 is 2.00 bits per heavy atom. The molecule has 1 fully saturated rings. The summed E-state index contributed by atoms with van der Waals surface area (Å²) < 4.78 is 0. The van der Waals surface area contributed by atoms with E-state index in [4.69, 9.17) is 0 Å². The Morgan fingerprint density at radius 1 is 1.57 bits per heavy atom. The van der Waals surface area contributed by atoms with Crippen molar-refractivity contribution >= 4 is 11.8 Å². The fourth-order valence-corrected chi connectivity index (χ4v) is 2.06. The van der Waals surface area contributed by atoms with Crippen LogP contribution in [0.3, 0.4) is 0 Å². The standard InChI is InChI=1S/C6H12S/c1-6(2)4-5(6)7-3/h5H,4H2,1-3H3. The first-order chi connectivity index (χ1) is 3.17. The summed E-state index contributed by atoms with van der Waals surface area (Å²) in [4.78, 5) is 0. The lowest BCUT2D eigenvalue weighted by atomic mass is 10.2. The summed E-state index contributed by atoms with van der Waals surface area (Å²) in [6.45, 7) is 4.66. The molecule has 42 valence electrons. The molecule has 0 spiro atoms. The average Bonchev–Trinajstić information content (AvgIpc) is 2.13. The Kier molecular flexibility index (Phi) is 1.11. The molecule has 0 nitrogen and oxygen atoms in total. The van der Waals surface area contributed by atoms with E-state index in [1.54, 1.807) is 0 Å². The molecule has 0 aromatic rings. The monoisotopic (exact) mass is 116 g/mol. The number of hydrogen-bond acceptors (Lipinski definition) is 1. The summed E-state index contributed by atoms with van der Waals surface area (Å²) in [5.74, 6) is 0. The van der Waals surface area contributed by atoms with Gasteiger partial charge in [0.15, 0.2) is 0 Å². The van der Waals surface area contributed by atoms with Gasteiger partial charge in [-0.2, -0.15) is 11.8 Å². The molecule has 1 saturated carbocycles. The molecule has 1 aliphatic carbocycles. The van der Waals surface area contributed by atoms with E-state index in [1.165, 1.54) is 6.42 Å². The highest BCUT2D eigenvalue weighted by Gasteiger charge is 2.44. The molecule has 0 amide bonds. The van der Waals surface area contributed by atoms with Crippen LogP contribution in [0.25, 0.3) is 0 Å². The van der Waals surface area contributed by atoms with Gasteiger partial charge in [-0.1, -0.05) is 13.8 Å². The van der Waals surface area contributed by atoms with Crippen LogP contribution in [-0.4, -0.2) is 11.5 Å². The Labute approximate surface area is 49.7 Å². The minimum Gasteiger partial charge on any atom is -0.161 e. The second-order valence-electron chi connectivity index (χ2n) is 2.92. The molecule has 0 aromatic heterocycles. The highest BCUT2D eigenvalue weighted by Crippen LogP contribution is 2.51. The summed E-state index contributed by atoms with van der Waals surface area (Å²) in [6.07, 6.45) is 3.62. The van der Waals surface area contributed by atoms with Gasteiger partial charge < -0.3 is 0 Å². The maximum absolute atomic E-state index is 2.33. The van der Waals surface area contributed by atoms with E-state index in [9.17, 15) is 0 Å². The SMILES string of the molecule is CSC1CC1(C)C. The Hall–Kier alpha value is 0.350. The van der Waals surface area contributed by atoms with Crippen molar-refractivity contribution in [3.05, 3.63) is 0 Å². The fourth-order valence-electron chi connectivity index (χ4n) is 0.821. The van der Waals surface area contributed by atoms with Crippen molar-refractivity contribution < 1.29 is 0 Å². The van der Waals surface area contributed by atoms with Crippen LogP contribution in [-0.2, 0) is 0 Å². The van der Waals surface area contributed by atoms with Crippen LogP contribution in [0.5, 0.6) is 0 Å². The fraction of sp³-hybridized carbons (Fsp3) is 1.00. The maximum atomic E-state index is 2.33. The first-order valence-corrected chi connectivity index (χ1v) is 3.98. The van der Waals surface area contributed by atoms with E-state index in [2.05, 4.69) is 20.1 Å². The molecule has 0 heterocycles. The molecule has 0 radical (unpaired) electrons. The molecule has 1 atom stereocenters. The molecule has 0 aliphatic heterocycles. The quantitative estimate of drug-likeness (QED) is 0.506. The zero-order valence-electron chi connectivity index (χ0n) is 5.19. The second kappa shape index (κ2) is 1.41. The van der Waals surface area contributed by atoms with Gasteiger partial charge in [-0.25, -0.2) is 0 Å². The molecular weight excluding hydrogens is 104 g/mol. The molecule has 1 heteroatoms. The Balaban J connectivity index is 2.30. The van der Waals surface area contributed by atoms with Crippen molar-refractivity contribution in [1.82, 2.24) is 0 Å². The normalized spacial score (nSPS) is 35.6. The lowest BCUT2D eigenvalue weighted by molar-refractivity contribution is 0.657. The van der Waals surface area contributed by atoms with E-state index < -0.39 is 0 Å². The van der Waals surface area contributed by atoms with Gasteiger partial charge in [0, 0.05) is 5.25 Å². The van der Waals surface area contributed by atoms with E-state index in [1.807, 2.05) is 11.8 Å². The summed E-state index contributed by atoms with van der Waals surface area (Å²) in [5, 5.41) is 0.965. The van der Waals surface area contributed by atoms with Crippen molar-refractivity contribution in [3.63, 3.8) is 0 Å². The van der Waals surface area contributed by atoms with Crippen LogP contribution < -0.4 is 0 Å². The van der Waals surface area contributed by atoms with Crippen LogP contribution in [0.1, 0.15) is 20.3 Å². The third kappa shape index (κ3) is 0.933. The van der Waals surface area contributed by atoms with Crippen LogP contribution >= 0.6 is 11.8 Å². The average molecular weight is 116 g/mol. The zero-order chi connectivity index (χ0) is 5.49. The van der Waals surface area contributed by atoms with Gasteiger partial charge in [0.2, 0.25) is 0 Å². The first-order valence-electron chi connectivity index (χ1n) is 2.69. The molecule has 7 heavy (non-hydrogen) atoms. The number of hydrogen-bond donors (Lipinski definition) is 0. The number of thioether (sulfide) groups is 1. The molecule has 0 saturated heterocycles. The number of rotatable bonds is 1. The van der Waals surface area contributed by atoms with Crippen LogP contribution in [0, 0.1) is 5.41 Å². The predicted octanol–water partition coefficient (Wildman–Crippen LogP) is 2.15. The van der Waals surface area contributed by atoms with Crippen molar-refractivity contribution in [1.29, 1.82) is 0 Å². The molecular formula is C6H12S. The van der Waals surface area contributed by atoms with E-state index in [-0.39, 0.29) is 0 Å². The summed E-state index contributed by atoms with van der Waals surface area (Å²) >= 11 is 2.00. The summed E-state index contributed by atoms with van der Waals surface area (Å²) in [6, 6.07) is 0. The van der Waals surface area contributed by atoms with Gasteiger partial charge in [0.1, 0.15) is 0 Å². The van der Waals surface area contributed by atoms with E-state index in [0.29, 0.717) is 5.41 Å². The topological polar surface area (TPSA) is 0 Å². The second-order valence-corrected chi connectivity index (χ2v) is 3.96. The third-order valence-electron chi connectivity index (χ3n) is 1.71. The van der Waals surface area contributed by atoms with Gasteiger partial charge in [0.25, 0.3) is 0 Å². The summed E-state index contributed by atoms with van der Waals surface area (Å²) in [5.41, 5.74) is 0.680. The van der Waals surface area contributed by atoms with E-state index in [0.717, 1.165) is 5.25 Å². The lowest BCUT2D eigenvalue weighted by Gasteiger charge is -1.95. The maximum Gasteiger partial charge on any atom is 0.0101 e. The van der Waals surface area contributed by atoms with Crippen molar-refractivity contribution in [2.24, 2.45) is 5.41 Å². The van der Waals surface area contributed by atoms with E-state index >= 15 is 0 Å². The molecule has 0 bridgehead atoms. The van der Waals surface area contributed by atoms with Crippen molar-refractivity contribution in [2.45, 2.75) is 25.5 Å².